The predicted molar refractivity (Wildman–Crippen MR) is 61.7 cm³/mol. The molecule has 0 spiro atoms. The van der Waals surface area contributed by atoms with Crippen molar-refractivity contribution < 1.29 is 4.74 Å². The van der Waals surface area contributed by atoms with Gasteiger partial charge in [0.1, 0.15) is 0 Å². The van der Waals surface area contributed by atoms with Crippen molar-refractivity contribution in [3.63, 3.8) is 0 Å². The van der Waals surface area contributed by atoms with Crippen molar-refractivity contribution in [2.45, 2.75) is 20.0 Å². The Morgan fingerprint density at radius 1 is 1.64 bits per heavy atom. The van der Waals surface area contributed by atoms with Crippen LogP contribution in [-0.4, -0.2) is 36.5 Å². The average Bonchev–Trinajstić information content (AvgIpc) is 2.51. The monoisotopic (exact) mass is 233 g/mol. The van der Waals surface area contributed by atoms with Crippen LogP contribution >= 0.6 is 23.6 Å². The fourth-order valence-electron chi connectivity index (χ4n) is 0.906. The summed E-state index contributed by atoms with van der Waals surface area (Å²) in [4.78, 5) is 2.03. The molecule has 0 amide bonds. The first kappa shape index (κ1) is 11.6. The van der Waals surface area contributed by atoms with Gasteiger partial charge in [0.15, 0.2) is 3.95 Å². The quantitative estimate of drug-likeness (QED) is 0.790. The van der Waals surface area contributed by atoms with E-state index < -0.39 is 0 Å². The smallest absolute Gasteiger partial charge is 0.206 e. The molecular weight excluding hydrogens is 218 g/mol. The number of nitrogens with one attached hydrogen (secondary N) is 1. The molecule has 0 aliphatic rings. The van der Waals surface area contributed by atoms with Crippen LogP contribution in [0.3, 0.4) is 0 Å². The van der Waals surface area contributed by atoms with Crippen LogP contribution < -0.4 is 4.90 Å². The molecule has 0 radical (unpaired) electrons. The van der Waals surface area contributed by atoms with Crippen molar-refractivity contribution in [3.05, 3.63) is 3.95 Å². The largest absolute Gasteiger partial charge is 0.377 e. The maximum absolute atomic E-state index is 5.44. The third-order valence-electron chi connectivity index (χ3n) is 1.63. The molecule has 14 heavy (non-hydrogen) atoms. The van der Waals surface area contributed by atoms with E-state index in [1.54, 1.807) is 0 Å². The van der Waals surface area contributed by atoms with Crippen LogP contribution in [0.4, 0.5) is 5.13 Å². The second-order valence-corrected chi connectivity index (χ2v) is 4.88. The molecule has 0 aliphatic carbocycles. The van der Waals surface area contributed by atoms with Crippen molar-refractivity contribution in [1.82, 2.24) is 10.2 Å². The molecule has 1 aromatic rings. The highest BCUT2D eigenvalue weighted by Gasteiger charge is 2.04. The van der Waals surface area contributed by atoms with E-state index >= 15 is 0 Å². The second-order valence-electron chi connectivity index (χ2n) is 3.24. The molecule has 80 valence electrons. The molecule has 1 N–H and O–H groups in total. The summed E-state index contributed by atoms with van der Waals surface area (Å²) in [5.74, 6) is 0. The molecule has 0 atom stereocenters. The minimum Gasteiger partial charge on any atom is -0.377 e. The van der Waals surface area contributed by atoms with E-state index in [0.717, 1.165) is 11.7 Å². The highest BCUT2D eigenvalue weighted by Crippen LogP contribution is 2.14. The number of ether oxygens (including phenoxy) is 1. The van der Waals surface area contributed by atoms with Crippen molar-refractivity contribution in [2.75, 3.05) is 25.1 Å². The van der Waals surface area contributed by atoms with Gasteiger partial charge >= 0.3 is 0 Å². The van der Waals surface area contributed by atoms with Crippen molar-refractivity contribution in [1.29, 1.82) is 0 Å². The van der Waals surface area contributed by atoms with E-state index in [4.69, 9.17) is 17.0 Å². The van der Waals surface area contributed by atoms with Crippen molar-refractivity contribution in [3.8, 4) is 0 Å². The molecule has 0 saturated heterocycles. The number of likely N-dealkylation sites (N-methyl/N-ethyl adjacent to an activating group) is 1. The Balaban J connectivity index is 2.35. The first-order chi connectivity index (χ1) is 6.59. The molecule has 6 heteroatoms. The summed E-state index contributed by atoms with van der Waals surface area (Å²) in [5.41, 5.74) is 0. The Labute approximate surface area is 92.9 Å². The maximum Gasteiger partial charge on any atom is 0.206 e. The summed E-state index contributed by atoms with van der Waals surface area (Å²) in [7, 11) is 1.98. The number of hydrogen-bond donors (Lipinski definition) is 1. The molecule has 1 rings (SSSR count). The zero-order valence-corrected chi connectivity index (χ0v) is 10.2. The summed E-state index contributed by atoms with van der Waals surface area (Å²) in [5, 5.41) is 7.73. The SMILES string of the molecule is CC(C)OCCN(C)c1n[nH]c(=S)s1. The van der Waals surface area contributed by atoms with Gasteiger partial charge in [0.2, 0.25) is 5.13 Å². The lowest BCUT2D eigenvalue weighted by Crippen LogP contribution is -2.23. The predicted octanol–water partition coefficient (Wildman–Crippen LogP) is 2.06. The Bertz CT molecular complexity index is 320. The number of aromatic nitrogens is 2. The summed E-state index contributed by atoms with van der Waals surface area (Å²) in [6.07, 6.45) is 0.278. The molecule has 1 aromatic heterocycles. The zero-order valence-electron chi connectivity index (χ0n) is 8.61. The normalized spacial score (nSPS) is 10.9. The second kappa shape index (κ2) is 5.43. The Kier molecular flexibility index (Phi) is 4.50. The number of aromatic amines is 1. The van der Waals surface area contributed by atoms with E-state index in [2.05, 4.69) is 10.2 Å². The van der Waals surface area contributed by atoms with Crippen LogP contribution in [0, 0.1) is 3.95 Å². The lowest BCUT2D eigenvalue weighted by Gasteiger charge is -2.15. The van der Waals surface area contributed by atoms with E-state index in [-0.39, 0.29) is 6.10 Å². The van der Waals surface area contributed by atoms with Gasteiger partial charge in [-0.3, -0.25) is 5.10 Å². The third-order valence-corrected chi connectivity index (χ3v) is 2.83. The minimum atomic E-state index is 0.278. The zero-order chi connectivity index (χ0) is 10.6. The minimum absolute atomic E-state index is 0.278. The first-order valence-electron chi connectivity index (χ1n) is 4.48. The maximum atomic E-state index is 5.44. The van der Waals surface area contributed by atoms with Crippen LogP contribution in [0.5, 0.6) is 0 Å². The van der Waals surface area contributed by atoms with Gasteiger partial charge in [-0.1, -0.05) is 11.3 Å². The highest BCUT2D eigenvalue weighted by atomic mass is 32.1. The summed E-state index contributed by atoms with van der Waals surface area (Å²) < 4.78 is 6.14. The number of H-pyrrole nitrogens is 1. The summed E-state index contributed by atoms with van der Waals surface area (Å²) in [6, 6.07) is 0. The molecule has 0 aliphatic heterocycles. The molecular formula is C8H15N3OS2. The van der Waals surface area contributed by atoms with Crippen LogP contribution in [0.15, 0.2) is 0 Å². The van der Waals surface area contributed by atoms with E-state index in [1.807, 2.05) is 25.8 Å². The Morgan fingerprint density at radius 2 is 2.36 bits per heavy atom. The fourth-order valence-corrected chi connectivity index (χ4v) is 1.77. The van der Waals surface area contributed by atoms with Gasteiger partial charge in [-0.15, -0.1) is 5.10 Å². The van der Waals surface area contributed by atoms with Gasteiger partial charge in [-0.2, -0.15) is 0 Å². The van der Waals surface area contributed by atoms with Crippen LogP contribution in [0.25, 0.3) is 0 Å². The van der Waals surface area contributed by atoms with E-state index in [0.29, 0.717) is 10.6 Å². The Morgan fingerprint density at radius 3 is 2.86 bits per heavy atom. The van der Waals surface area contributed by atoms with Crippen LogP contribution in [-0.2, 0) is 4.74 Å². The number of rotatable bonds is 5. The van der Waals surface area contributed by atoms with Crippen molar-refractivity contribution in [2.24, 2.45) is 0 Å². The van der Waals surface area contributed by atoms with Gasteiger partial charge in [0, 0.05) is 13.6 Å². The van der Waals surface area contributed by atoms with Gasteiger partial charge in [-0.05, 0) is 26.1 Å². The Hall–Kier alpha value is -0.460. The standard InChI is InChI=1S/C8H15N3OS2/c1-6(2)12-5-4-11(3)7-9-10-8(13)14-7/h6H,4-5H2,1-3H3,(H,10,13). The van der Waals surface area contributed by atoms with Gasteiger partial charge in [0.25, 0.3) is 0 Å². The van der Waals surface area contributed by atoms with Crippen LogP contribution in [0.1, 0.15) is 13.8 Å². The van der Waals surface area contributed by atoms with Crippen molar-refractivity contribution >= 4 is 28.7 Å². The molecule has 1 heterocycles. The average molecular weight is 233 g/mol. The lowest BCUT2D eigenvalue weighted by molar-refractivity contribution is 0.0846. The first-order valence-corrected chi connectivity index (χ1v) is 5.70. The topological polar surface area (TPSA) is 41.1 Å². The molecule has 0 fully saturated rings. The highest BCUT2D eigenvalue weighted by molar-refractivity contribution is 7.73. The third kappa shape index (κ3) is 3.73. The van der Waals surface area contributed by atoms with E-state index in [9.17, 15) is 0 Å². The van der Waals surface area contributed by atoms with Gasteiger partial charge in [0.05, 0.1) is 12.7 Å². The molecule has 4 nitrogen and oxygen atoms in total. The molecule has 0 bridgehead atoms. The van der Waals surface area contributed by atoms with Gasteiger partial charge < -0.3 is 9.64 Å². The molecule has 0 saturated carbocycles. The van der Waals surface area contributed by atoms with Gasteiger partial charge in [-0.25, -0.2) is 0 Å². The molecule has 0 aromatic carbocycles. The lowest BCUT2D eigenvalue weighted by atomic mass is 10.5. The molecule has 0 unspecified atom stereocenters. The van der Waals surface area contributed by atoms with Crippen LogP contribution in [0.2, 0.25) is 0 Å². The number of anilines is 1. The fraction of sp³-hybridized carbons (Fsp3) is 0.750. The number of hydrogen-bond acceptors (Lipinski definition) is 5. The summed E-state index contributed by atoms with van der Waals surface area (Å²) >= 11 is 6.42. The summed E-state index contributed by atoms with van der Waals surface area (Å²) in [6.45, 7) is 5.59. The van der Waals surface area contributed by atoms with E-state index in [1.165, 1.54) is 11.3 Å². The number of nitrogens with zero attached hydrogens (tertiary/aromatic N) is 2.